The summed E-state index contributed by atoms with van der Waals surface area (Å²) in [6.07, 6.45) is 0.302. The van der Waals surface area contributed by atoms with Crippen molar-refractivity contribution in [3.63, 3.8) is 0 Å². The van der Waals surface area contributed by atoms with Gasteiger partial charge < -0.3 is 20.5 Å². The molecule has 2 fully saturated rings. The Morgan fingerprint density at radius 1 is 1.19 bits per heavy atom. The van der Waals surface area contributed by atoms with Gasteiger partial charge in [0.15, 0.2) is 0 Å². The number of likely N-dealkylation sites (tertiary alicyclic amines) is 1. The highest BCUT2D eigenvalue weighted by atomic mass is 19.3. The fraction of sp³-hybridized carbons (Fsp3) is 0.478. The van der Waals surface area contributed by atoms with Crippen molar-refractivity contribution in [1.82, 2.24) is 15.2 Å². The smallest absolute Gasteiger partial charge is 0.266 e. The van der Waals surface area contributed by atoms with Crippen LogP contribution in [0.5, 0.6) is 0 Å². The number of aromatic amines is 1. The van der Waals surface area contributed by atoms with E-state index in [9.17, 15) is 22.8 Å². The quantitative estimate of drug-likeness (QED) is 0.630. The Morgan fingerprint density at radius 3 is 2.50 bits per heavy atom. The van der Waals surface area contributed by atoms with Gasteiger partial charge in [0.05, 0.1) is 22.9 Å². The molecule has 4 atom stereocenters. The maximum Gasteiger partial charge on any atom is 0.266 e. The largest absolute Gasteiger partial charge is 0.381 e. The number of alkyl halides is 2. The molecule has 0 bridgehead atoms. The molecule has 9 heteroatoms. The van der Waals surface area contributed by atoms with E-state index < -0.39 is 29.8 Å². The highest BCUT2D eigenvalue weighted by Gasteiger charge is 2.39. The second-order valence-electron chi connectivity index (χ2n) is 8.92. The minimum absolute atomic E-state index is 0.0252. The average molecular weight is 448 g/mol. The summed E-state index contributed by atoms with van der Waals surface area (Å²) in [5, 5.41) is 6.01. The zero-order valence-electron chi connectivity index (χ0n) is 18.0. The predicted molar refractivity (Wildman–Crippen MR) is 115 cm³/mol. The molecule has 32 heavy (non-hydrogen) atoms. The zero-order valence-corrected chi connectivity index (χ0v) is 18.0. The summed E-state index contributed by atoms with van der Waals surface area (Å²) in [4.78, 5) is 29.7. The van der Waals surface area contributed by atoms with Gasteiger partial charge in [0, 0.05) is 37.0 Å². The van der Waals surface area contributed by atoms with Crippen molar-refractivity contribution in [3.05, 3.63) is 63.3 Å². The number of anilines is 1. The fourth-order valence-electron chi connectivity index (χ4n) is 5.07. The van der Waals surface area contributed by atoms with Crippen LogP contribution in [0.3, 0.4) is 0 Å². The van der Waals surface area contributed by atoms with Gasteiger partial charge in [-0.1, -0.05) is 18.2 Å². The van der Waals surface area contributed by atoms with Gasteiger partial charge in [-0.15, -0.1) is 0 Å². The fourth-order valence-corrected chi connectivity index (χ4v) is 5.07. The molecule has 0 spiro atoms. The SMILES string of the molecule is C[C@@H](NC(=O)c1c[nH]c(=O)cc1NC1C[C@@H]2CN(C)C[C@@H]2C1)c1cccc(C(F)F)c1F. The maximum absolute atomic E-state index is 14.5. The second-order valence-corrected chi connectivity index (χ2v) is 8.92. The van der Waals surface area contributed by atoms with Crippen molar-refractivity contribution in [2.75, 3.05) is 25.5 Å². The monoisotopic (exact) mass is 448 g/mol. The molecule has 1 aliphatic heterocycles. The van der Waals surface area contributed by atoms with Crippen LogP contribution in [0.2, 0.25) is 0 Å². The molecule has 1 saturated carbocycles. The molecule has 1 aliphatic carbocycles. The van der Waals surface area contributed by atoms with E-state index in [1.807, 2.05) is 0 Å². The molecular weight excluding hydrogens is 421 g/mol. The van der Waals surface area contributed by atoms with E-state index in [-0.39, 0.29) is 22.7 Å². The van der Waals surface area contributed by atoms with E-state index in [4.69, 9.17) is 0 Å². The molecule has 2 heterocycles. The first-order valence-corrected chi connectivity index (χ1v) is 10.8. The number of hydrogen-bond donors (Lipinski definition) is 3. The third-order valence-electron chi connectivity index (χ3n) is 6.57. The number of rotatable bonds is 6. The summed E-state index contributed by atoms with van der Waals surface area (Å²) in [5.74, 6) is -0.364. The van der Waals surface area contributed by atoms with Crippen LogP contribution in [0.4, 0.5) is 18.9 Å². The van der Waals surface area contributed by atoms with Crippen LogP contribution in [0.1, 0.15) is 53.7 Å². The van der Waals surface area contributed by atoms with Crippen LogP contribution in [-0.2, 0) is 0 Å². The third-order valence-corrected chi connectivity index (χ3v) is 6.57. The molecule has 172 valence electrons. The number of halogens is 3. The van der Waals surface area contributed by atoms with Gasteiger partial charge in [-0.3, -0.25) is 9.59 Å². The molecule has 1 amide bonds. The van der Waals surface area contributed by atoms with Crippen LogP contribution in [0.15, 0.2) is 35.3 Å². The number of hydrogen-bond acceptors (Lipinski definition) is 4. The summed E-state index contributed by atoms with van der Waals surface area (Å²) in [6, 6.07) is 4.39. The number of fused-ring (bicyclic) bond motifs is 1. The highest BCUT2D eigenvalue weighted by molar-refractivity contribution is 5.99. The van der Waals surface area contributed by atoms with Crippen LogP contribution >= 0.6 is 0 Å². The molecule has 2 aliphatic rings. The Bertz CT molecular complexity index is 1040. The number of benzene rings is 1. The number of nitrogens with one attached hydrogen (secondary N) is 3. The van der Waals surface area contributed by atoms with Gasteiger partial charge in [0.1, 0.15) is 5.82 Å². The van der Waals surface area contributed by atoms with Crippen LogP contribution in [0.25, 0.3) is 0 Å². The number of carbonyl (C=O) groups is 1. The summed E-state index contributed by atoms with van der Waals surface area (Å²) in [6.45, 7) is 3.62. The molecule has 4 rings (SSSR count). The first kappa shape index (κ1) is 22.4. The van der Waals surface area contributed by atoms with Gasteiger partial charge >= 0.3 is 0 Å². The second kappa shape index (κ2) is 8.97. The van der Waals surface area contributed by atoms with E-state index in [0.717, 1.165) is 32.0 Å². The van der Waals surface area contributed by atoms with Crippen LogP contribution in [-0.4, -0.2) is 42.0 Å². The van der Waals surface area contributed by atoms with Crippen LogP contribution in [0, 0.1) is 17.7 Å². The van der Waals surface area contributed by atoms with Crippen molar-refractivity contribution in [2.24, 2.45) is 11.8 Å². The Morgan fingerprint density at radius 2 is 1.84 bits per heavy atom. The standard InChI is InChI=1S/C23H27F3N4O2/c1-12(16-4-3-5-17(21(16)24)22(25)26)28-23(32)18-9-27-20(31)8-19(18)29-15-6-13-10-30(2)11-14(13)7-15/h3-5,8-9,12-15,22H,6-7,10-11H2,1-2H3,(H,28,32)(H2,27,29,31)/t12-,13-,14+,15?/m1/s1. The van der Waals surface area contributed by atoms with Gasteiger partial charge in [-0.25, -0.2) is 13.2 Å². The topological polar surface area (TPSA) is 77.2 Å². The van der Waals surface area contributed by atoms with Crippen LogP contribution < -0.4 is 16.2 Å². The third kappa shape index (κ3) is 4.53. The molecule has 1 saturated heterocycles. The summed E-state index contributed by atoms with van der Waals surface area (Å²) >= 11 is 0. The van der Waals surface area contributed by atoms with E-state index >= 15 is 0 Å². The van der Waals surface area contributed by atoms with E-state index in [2.05, 4.69) is 27.6 Å². The lowest BCUT2D eigenvalue weighted by Gasteiger charge is -2.21. The maximum atomic E-state index is 14.5. The minimum Gasteiger partial charge on any atom is -0.381 e. The summed E-state index contributed by atoms with van der Waals surface area (Å²) < 4.78 is 40.5. The molecule has 3 N–H and O–H groups in total. The lowest BCUT2D eigenvalue weighted by atomic mass is 10.0. The molecule has 6 nitrogen and oxygen atoms in total. The van der Waals surface area contributed by atoms with Gasteiger partial charge in [0.2, 0.25) is 5.56 Å². The molecular formula is C23H27F3N4O2. The van der Waals surface area contributed by atoms with Crippen molar-refractivity contribution >= 4 is 11.6 Å². The van der Waals surface area contributed by atoms with E-state index in [1.165, 1.54) is 31.3 Å². The molecule has 1 aromatic heterocycles. The summed E-state index contributed by atoms with van der Waals surface area (Å²) in [5.41, 5.74) is -0.435. The van der Waals surface area contributed by atoms with Crippen molar-refractivity contribution in [2.45, 2.75) is 38.3 Å². The van der Waals surface area contributed by atoms with Crippen molar-refractivity contribution in [1.29, 1.82) is 0 Å². The number of carbonyl (C=O) groups excluding carboxylic acids is 1. The molecule has 1 unspecified atom stereocenters. The number of nitrogens with zero attached hydrogens (tertiary/aromatic N) is 1. The number of aromatic nitrogens is 1. The van der Waals surface area contributed by atoms with E-state index in [1.54, 1.807) is 0 Å². The lowest BCUT2D eigenvalue weighted by molar-refractivity contribution is 0.0939. The first-order valence-electron chi connectivity index (χ1n) is 10.8. The lowest BCUT2D eigenvalue weighted by Crippen LogP contribution is -2.30. The number of pyridine rings is 1. The summed E-state index contributed by atoms with van der Waals surface area (Å²) in [7, 11) is 2.11. The Hall–Kier alpha value is -2.81. The van der Waals surface area contributed by atoms with E-state index in [0.29, 0.717) is 17.5 Å². The highest BCUT2D eigenvalue weighted by Crippen LogP contribution is 2.39. The van der Waals surface area contributed by atoms with Gasteiger partial charge in [-0.05, 0) is 38.6 Å². The molecule has 1 aromatic carbocycles. The molecule has 2 aromatic rings. The van der Waals surface area contributed by atoms with Gasteiger partial charge in [0.25, 0.3) is 12.3 Å². The minimum atomic E-state index is -2.95. The van der Waals surface area contributed by atoms with Crippen molar-refractivity contribution < 1.29 is 18.0 Å². The van der Waals surface area contributed by atoms with Crippen molar-refractivity contribution in [3.8, 4) is 0 Å². The normalized spacial score (nSPS) is 23.9. The Balaban J connectivity index is 1.50. The number of amides is 1. The van der Waals surface area contributed by atoms with Gasteiger partial charge in [-0.2, -0.15) is 0 Å². The predicted octanol–water partition coefficient (Wildman–Crippen LogP) is 3.69. The zero-order chi connectivity index (χ0) is 23.0. The average Bonchev–Trinajstić information content (AvgIpc) is 3.24. The first-order chi connectivity index (χ1) is 15.2. The Kier molecular flexibility index (Phi) is 6.28. The molecule has 0 radical (unpaired) electrons. The number of H-pyrrole nitrogens is 1. The Labute approximate surface area is 184 Å².